The van der Waals surface area contributed by atoms with Gasteiger partial charge >= 0.3 is 6.18 Å². The lowest BCUT2D eigenvalue weighted by Crippen LogP contribution is -2.11. The number of aromatic nitrogens is 1. The van der Waals surface area contributed by atoms with Gasteiger partial charge in [0.1, 0.15) is 5.69 Å². The highest BCUT2D eigenvalue weighted by molar-refractivity contribution is 7.07. The van der Waals surface area contributed by atoms with Crippen molar-refractivity contribution in [1.82, 2.24) is 4.68 Å². The summed E-state index contributed by atoms with van der Waals surface area (Å²) in [4.78, 5) is 5.25. The van der Waals surface area contributed by atoms with Crippen LogP contribution in [-0.2, 0) is 6.18 Å². The topological polar surface area (TPSA) is 42.8 Å². The van der Waals surface area contributed by atoms with Crippen LogP contribution < -0.4 is 4.80 Å². The van der Waals surface area contributed by atoms with Gasteiger partial charge in [-0.2, -0.15) is 18.3 Å². The number of halogens is 3. The van der Waals surface area contributed by atoms with Crippen molar-refractivity contribution in [3.63, 3.8) is 0 Å². The molecule has 0 atom stereocenters. The highest BCUT2D eigenvalue weighted by Gasteiger charge is 2.30. The van der Waals surface area contributed by atoms with Gasteiger partial charge in [0.05, 0.1) is 23.7 Å². The molecule has 0 unspecified atom stereocenters. The molecule has 0 aliphatic heterocycles. The van der Waals surface area contributed by atoms with E-state index in [0.717, 1.165) is 23.4 Å². The quantitative estimate of drug-likeness (QED) is 0.355. The first kappa shape index (κ1) is 19.9. The van der Waals surface area contributed by atoms with Gasteiger partial charge < -0.3 is 4.42 Å². The first-order chi connectivity index (χ1) is 14.4. The Morgan fingerprint density at radius 2 is 1.87 bits per heavy atom. The summed E-state index contributed by atoms with van der Waals surface area (Å²) < 4.78 is 46.1. The minimum atomic E-state index is -4.41. The van der Waals surface area contributed by atoms with E-state index in [1.54, 1.807) is 29.1 Å². The van der Waals surface area contributed by atoms with Crippen molar-refractivity contribution in [2.75, 3.05) is 0 Å². The molecule has 2 aromatic carbocycles. The van der Waals surface area contributed by atoms with Crippen LogP contribution in [0.4, 0.5) is 18.9 Å². The van der Waals surface area contributed by atoms with E-state index in [1.165, 1.54) is 23.6 Å². The van der Waals surface area contributed by atoms with Gasteiger partial charge in [-0.05, 0) is 48.4 Å². The first-order valence-electron chi connectivity index (χ1n) is 8.98. The molecular formula is C22H16F3N3OS. The van der Waals surface area contributed by atoms with E-state index in [1.807, 2.05) is 36.6 Å². The highest BCUT2D eigenvalue weighted by atomic mass is 32.1. The molecule has 4 rings (SSSR count). The van der Waals surface area contributed by atoms with Gasteiger partial charge in [-0.3, -0.25) is 0 Å². The van der Waals surface area contributed by atoms with Crippen molar-refractivity contribution in [3.8, 4) is 11.5 Å². The maximum atomic E-state index is 13.0. The van der Waals surface area contributed by atoms with Gasteiger partial charge in [0.25, 0.3) is 0 Å². The Kier molecular flexibility index (Phi) is 5.41. The molecule has 152 valence electrons. The first-order valence-corrected chi connectivity index (χ1v) is 9.86. The van der Waals surface area contributed by atoms with Crippen LogP contribution in [-0.4, -0.2) is 10.9 Å². The number of furan rings is 1. The zero-order valence-corrected chi connectivity index (χ0v) is 16.6. The molecule has 0 spiro atoms. The van der Waals surface area contributed by atoms with Crippen molar-refractivity contribution < 1.29 is 17.6 Å². The maximum absolute atomic E-state index is 13.0. The highest BCUT2D eigenvalue weighted by Crippen LogP contribution is 2.29. The molecule has 4 aromatic rings. The average molecular weight is 427 g/mol. The van der Waals surface area contributed by atoms with Crippen molar-refractivity contribution in [1.29, 1.82) is 0 Å². The second kappa shape index (κ2) is 8.16. The summed E-state index contributed by atoms with van der Waals surface area (Å²) in [5.74, 6) is 0.582. The Morgan fingerprint density at radius 1 is 1.03 bits per heavy atom. The van der Waals surface area contributed by atoms with E-state index in [0.29, 0.717) is 21.8 Å². The molecule has 4 nitrogen and oxygen atoms in total. The lowest BCUT2D eigenvalue weighted by atomic mass is 10.1. The number of nitrogens with zero attached hydrogens (tertiary/aromatic N) is 3. The van der Waals surface area contributed by atoms with E-state index in [2.05, 4.69) is 10.1 Å². The number of para-hydroxylation sites is 1. The molecule has 0 saturated heterocycles. The van der Waals surface area contributed by atoms with Gasteiger partial charge in [0, 0.05) is 5.38 Å². The fourth-order valence-electron chi connectivity index (χ4n) is 2.80. The molecule has 8 heteroatoms. The molecule has 0 radical (unpaired) electrons. The van der Waals surface area contributed by atoms with E-state index in [9.17, 15) is 13.2 Å². The summed E-state index contributed by atoms with van der Waals surface area (Å²) in [5.41, 5.74) is 2.04. The Hall–Kier alpha value is -3.39. The second-order valence-electron chi connectivity index (χ2n) is 6.46. The zero-order valence-electron chi connectivity index (χ0n) is 15.8. The van der Waals surface area contributed by atoms with Gasteiger partial charge in [0.15, 0.2) is 5.76 Å². The molecule has 0 fully saturated rings. The summed E-state index contributed by atoms with van der Waals surface area (Å²) in [6, 6.07) is 16.2. The van der Waals surface area contributed by atoms with Crippen LogP contribution in [0.5, 0.6) is 0 Å². The third-order valence-corrected chi connectivity index (χ3v) is 5.14. The second-order valence-corrected chi connectivity index (χ2v) is 7.30. The molecule has 0 saturated carbocycles. The number of alkyl halides is 3. The lowest BCUT2D eigenvalue weighted by molar-refractivity contribution is -0.137. The lowest BCUT2D eigenvalue weighted by Gasteiger charge is -2.06. The van der Waals surface area contributed by atoms with Crippen LogP contribution in [0.3, 0.4) is 0 Å². The van der Waals surface area contributed by atoms with E-state index < -0.39 is 11.7 Å². The van der Waals surface area contributed by atoms with Crippen LogP contribution in [0.2, 0.25) is 0 Å². The Balaban J connectivity index is 1.81. The summed E-state index contributed by atoms with van der Waals surface area (Å²) >= 11 is 1.36. The summed E-state index contributed by atoms with van der Waals surface area (Å²) in [5, 5.41) is 6.27. The normalized spacial score (nSPS) is 12.7. The molecule has 0 N–H and O–H groups in total. The van der Waals surface area contributed by atoms with Gasteiger partial charge in [0.2, 0.25) is 4.80 Å². The van der Waals surface area contributed by atoms with Gasteiger partial charge in [-0.25, -0.2) is 9.67 Å². The average Bonchev–Trinajstić information content (AvgIpc) is 3.37. The van der Waals surface area contributed by atoms with Crippen molar-refractivity contribution in [3.05, 3.63) is 93.8 Å². The van der Waals surface area contributed by atoms with Crippen molar-refractivity contribution >= 4 is 23.2 Å². The monoisotopic (exact) mass is 427 g/mol. The number of thiazole rings is 1. The molecule has 30 heavy (non-hydrogen) atoms. The maximum Gasteiger partial charge on any atom is 0.416 e. The molecule has 2 heterocycles. The molecule has 0 aliphatic rings. The molecule has 2 aromatic heterocycles. The predicted molar refractivity (Wildman–Crippen MR) is 111 cm³/mol. The SMILES string of the molecule is Cc1ccccc1N=c1scc(-c2ccco2)n1/N=C/c1cccc(C(F)(F)F)c1. The van der Waals surface area contributed by atoms with Crippen LogP contribution >= 0.6 is 11.3 Å². The minimum Gasteiger partial charge on any atom is -0.463 e. The smallest absolute Gasteiger partial charge is 0.416 e. The summed E-state index contributed by atoms with van der Waals surface area (Å²) in [6.07, 6.45) is -1.48. The Bertz CT molecular complexity index is 1250. The van der Waals surface area contributed by atoms with Crippen LogP contribution in [0.25, 0.3) is 11.5 Å². The fraction of sp³-hybridized carbons (Fsp3) is 0.0909. The van der Waals surface area contributed by atoms with Crippen LogP contribution in [0, 0.1) is 6.92 Å². The van der Waals surface area contributed by atoms with E-state index >= 15 is 0 Å². The zero-order chi connectivity index (χ0) is 21.1. The van der Waals surface area contributed by atoms with Crippen LogP contribution in [0.1, 0.15) is 16.7 Å². The molecular weight excluding hydrogens is 411 g/mol. The number of benzene rings is 2. The van der Waals surface area contributed by atoms with Gasteiger partial charge in [-0.1, -0.05) is 30.3 Å². The summed E-state index contributed by atoms with van der Waals surface area (Å²) in [7, 11) is 0. The Morgan fingerprint density at radius 3 is 2.60 bits per heavy atom. The third-order valence-electron chi connectivity index (χ3n) is 4.33. The standard InChI is InChI=1S/C22H16F3N3OS/c1-15-6-2-3-9-18(15)27-21-28(19(14-30-21)20-10-5-11-29-20)26-13-16-7-4-8-17(12-16)22(23,24)25/h2-14H,1H3/b26-13+,27-21?. The molecule has 0 amide bonds. The third kappa shape index (κ3) is 4.28. The minimum absolute atomic E-state index is 0.329. The Labute approximate surface area is 174 Å². The number of hydrogen-bond acceptors (Lipinski definition) is 4. The summed E-state index contributed by atoms with van der Waals surface area (Å²) in [6.45, 7) is 1.95. The largest absolute Gasteiger partial charge is 0.463 e. The molecule has 0 bridgehead atoms. The number of hydrogen-bond donors (Lipinski definition) is 0. The number of aryl methyl sites for hydroxylation is 1. The predicted octanol–water partition coefficient (Wildman–Crippen LogP) is 6.25. The fourth-order valence-corrected chi connectivity index (χ4v) is 3.62. The number of rotatable bonds is 4. The van der Waals surface area contributed by atoms with Crippen molar-refractivity contribution in [2.45, 2.75) is 13.1 Å². The van der Waals surface area contributed by atoms with Gasteiger partial charge in [-0.15, -0.1) is 11.3 Å². The molecule has 0 aliphatic carbocycles. The van der Waals surface area contributed by atoms with Crippen molar-refractivity contribution in [2.24, 2.45) is 10.1 Å². The van der Waals surface area contributed by atoms with E-state index in [-0.39, 0.29) is 0 Å². The van der Waals surface area contributed by atoms with E-state index in [4.69, 9.17) is 4.42 Å². The van der Waals surface area contributed by atoms with Crippen LogP contribution in [0.15, 0.2) is 86.8 Å².